The molecule has 0 radical (unpaired) electrons. The number of aldehydes is 1. The molecule has 4 aliphatic carbocycles. The van der Waals surface area contributed by atoms with Crippen LogP contribution in [0.5, 0.6) is 0 Å². The van der Waals surface area contributed by atoms with Gasteiger partial charge in [0, 0.05) is 44.9 Å². The molecule has 4 fully saturated rings. The normalized spacial score (nSPS) is 21.8. The maximum absolute atomic E-state index is 10.0. The van der Waals surface area contributed by atoms with Crippen molar-refractivity contribution < 1.29 is 38.9 Å². The molecule has 0 heterocycles. The minimum Gasteiger partial charge on any atom is -0.303 e. The van der Waals surface area contributed by atoms with Gasteiger partial charge in [0.05, 0.1) is 0 Å². The molecule has 4 saturated carbocycles. The molecule has 4 atom stereocenters. The standard InChI is InChI=1S/2C20H25P.C6H10O.C5H9Br.2Fe/c2*1-16(2)19-14-9-15-20(19)21(17-10-5-3-6-11-17)18-12-7-4-8-13-18;7-5-6-3-1-2-4-6;6-5-3-1-2-4-5;;/h2*3-8,10-13,16,19-20H,9,14-15H2,1-2H3;5-6H,1-4H2;5H,1-4H2;;. The zero-order chi connectivity index (χ0) is 38.8. The summed E-state index contributed by atoms with van der Waals surface area (Å²) in [5.74, 6) is 3.79. The first-order valence-corrected chi connectivity index (χ1v) is 25.5. The van der Waals surface area contributed by atoms with E-state index in [1.807, 2.05) is 0 Å². The van der Waals surface area contributed by atoms with Crippen molar-refractivity contribution in [1.29, 1.82) is 0 Å². The smallest absolute Gasteiger partial charge is 0.123 e. The van der Waals surface area contributed by atoms with Gasteiger partial charge in [-0.15, -0.1) is 0 Å². The molecule has 0 amide bonds. The van der Waals surface area contributed by atoms with Crippen LogP contribution in [0.25, 0.3) is 0 Å². The summed E-state index contributed by atoms with van der Waals surface area (Å²) in [4.78, 5) is 10.9. The van der Waals surface area contributed by atoms with E-state index in [4.69, 9.17) is 0 Å². The quantitative estimate of drug-likeness (QED) is 0.0707. The molecule has 0 aromatic heterocycles. The average molecular weight is 952 g/mol. The van der Waals surface area contributed by atoms with Gasteiger partial charge in [-0.25, -0.2) is 0 Å². The number of benzene rings is 4. The first-order valence-electron chi connectivity index (χ1n) is 21.7. The van der Waals surface area contributed by atoms with Crippen molar-refractivity contribution in [2.75, 3.05) is 0 Å². The van der Waals surface area contributed by atoms with Crippen molar-refractivity contribution in [2.45, 2.75) is 134 Å². The Labute approximate surface area is 380 Å². The molecular weight excluding hydrogens is 882 g/mol. The molecule has 6 heteroatoms. The fraction of sp³-hybridized carbons (Fsp3) is 0.510. The first-order chi connectivity index (χ1) is 26.9. The summed E-state index contributed by atoms with van der Waals surface area (Å²) in [5.41, 5.74) is 1.70. The number of hydrogen-bond acceptors (Lipinski definition) is 1. The number of carbonyl (C=O) groups is 1. The van der Waals surface area contributed by atoms with Crippen molar-refractivity contribution in [3.63, 3.8) is 0 Å². The topological polar surface area (TPSA) is 17.1 Å². The molecule has 8 rings (SSSR count). The second-order valence-corrected chi connectivity index (χ2v) is 23.1. The van der Waals surface area contributed by atoms with Gasteiger partial charge in [0.1, 0.15) is 6.29 Å². The molecule has 57 heavy (non-hydrogen) atoms. The van der Waals surface area contributed by atoms with E-state index in [1.165, 1.54) is 77.0 Å². The molecule has 4 aliphatic rings. The van der Waals surface area contributed by atoms with E-state index in [2.05, 4.69) is 165 Å². The van der Waals surface area contributed by atoms with Gasteiger partial charge in [-0.2, -0.15) is 0 Å². The van der Waals surface area contributed by atoms with Gasteiger partial charge in [0.2, 0.25) is 0 Å². The zero-order valence-corrected chi connectivity index (χ0v) is 40.6. The van der Waals surface area contributed by atoms with Crippen molar-refractivity contribution in [1.82, 2.24) is 0 Å². The molecule has 312 valence electrons. The van der Waals surface area contributed by atoms with Gasteiger partial charge in [-0.3, -0.25) is 0 Å². The number of halogens is 1. The van der Waals surface area contributed by atoms with Gasteiger partial charge < -0.3 is 4.79 Å². The van der Waals surface area contributed by atoms with Crippen molar-refractivity contribution in [2.24, 2.45) is 29.6 Å². The van der Waals surface area contributed by atoms with E-state index in [0.29, 0.717) is 5.92 Å². The first kappa shape index (κ1) is 50.3. The van der Waals surface area contributed by atoms with E-state index in [9.17, 15) is 4.79 Å². The van der Waals surface area contributed by atoms with Crippen LogP contribution in [0.2, 0.25) is 0 Å². The van der Waals surface area contributed by atoms with E-state index in [1.54, 1.807) is 21.2 Å². The Hall–Kier alpha value is -1.07. The van der Waals surface area contributed by atoms with Crippen LogP contribution in [0.15, 0.2) is 121 Å². The minimum atomic E-state index is -0.224. The molecule has 0 saturated heterocycles. The van der Waals surface area contributed by atoms with E-state index < -0.39 is 0 Å². The molecule has 4 unspecified atom stereocenters. The van der Waals surface area contributed by atoms with Gasteiger partial charge >= 0.3 is 0 Å². The Morgan fingerprint density at radius 1 is 0.456 bits per heavy atom. The average Bonchev–Trinajstić information content (AvgIpc) is 4.07. The second-order valence-electron chi connectivity index (χ2n) is 17.0. The minimum absolute atomic E-state index is 0. The van der Waals surface area contributed by atoms with Crippen LogP contribution in [-0.2, 0) is 38.9 Å². The van der Waals surface area contributed by atoms with Crippen LogP contribution in [0, 0.1) is 29.6 Å². The number of carbonyl (C=O) groups excluding carboxylic acids is 1. The summed E-state index contributed by atoms with van der Waals surface area (Å²) in [6, 6.07) is 44.9. The van der Waals surface area contributed by atoms with E-state index >= 15 is 0 Å². The van der Waals surface area contributed by atoms with Crippen molar-refractivity contribution in [3.8, 4) is 0 Å². The third kappa shape index (κ3) is 15.7. The zero-order valence-electron chi connectivity index (χ0n) is 35.0. The summed E-state index contributed by atoms with van der Waals surface area (Å²) in [5, 5.41) is 6.21. The molecule has 0 bridgehead atoms. The van der Waals surface area contributed by atoms with Gasteiger partial charge in [0.25, 0.3) is 0 Å². The predicted octanol–water partition coefficient (Wildman–Crippen LogP) is 13.6. The SMILES string of the molecule is BrC1CCCC1.CC(C)C1CCCC1P(c1ccccc1)c1ccccc1.CC(C)C1CCCC1P(c1ccccc1)c1ccccc1.O=CC1CCCC1.[Fe].[Fe]. The molecule has 4 aromatic carbocycles. The molecule has 1 nitrogen and oxygen atoms in total. The summed E-state index contributed by atoms with van der Waals surface area (Å²) in [6.07, 6.45) is 20.1. The molecule has 0 spiro atoms. The van der Waals surface area contributed by atoms with E-state index in [0.717, 1.165) is 58.9 Å². The van der Waals surface area contributed by atoms with Crippen LogP contribution in [0.1, 0.15) is 118 Å². The number of hydrogen-bond donors (Lipinski definition) is 0. The van der Waals surface area contributed by atoms with Crippen LogP contribution in [0.3, 0.4) is 0 Å². The fourth-order valence-corrected chi connectivity index (χ4v) is 16.9. The van der Waals surface area contributed by atoms with E-state index in [-0.39, 0.29) is 50.0 Å². The van der Waals surface area contributed by atoms with Crippen molar-refractivity contribution >= 4 is 59.3 Å². The van der Waals surface area contributed by atoms with Crippen LogP contribution >= 0.6 is 31.8 Å². The Balaban J connectivity index is 0.000000226. The maximum atomic E-state index is 10.0. The molecular formula is C51H69BrFe2OP2. The summed E-state index contributed by atoms with van der Waals surface area (Å²) >= 11 is 3.54. The predicted molar refractivity (Wildman–Crippen MR) is 249 cm³/mol. The summed E-state index contributed by atoms with van der Waals surface area (Å²) in [7, 11) is -0.448. The summed E-state index contributed by atoms with van der Waals surface area (Å²) < 4.78 is 0. The van der Waals surface area contributed by atoms with Crippen LogP contribution in [0.4, 0.5) is 0 Å². The third-order valence-electron chi connectivity index (χ3n) is 12.5. The van der Waals surface area contributed by atoms with Crippen LogP contribution in [-0.4, -0.2) is 22.4 Å². The number of rotatable bonds is 9. The summed E-state index contributed by atoms with van der Waals surface area (Å²) in [6.45, 7) is 9.64. The molecule has 0 N–H and O–H groups in total. The Morgan fingerprint density at radius 2 is 0.754 bits per heavy atom. The largest absolute Gasteiger partial charge is 0.303 e. The van der Waals surface area contributed by atoms with Gasteiger partial charge in [-0.1, -0.05) is 203 Å². The van der Waals surface area contributed by atoms with Crippen molar-refractivity contribution in [3.05, 3.63) is 121 Å². The maximum Gasteiger partial charge on any atom is 0.123 e. The molecule has 0 aliphatic heterocycles. The fourth-order valence-electron chi connectivity index (χ4n) is 9.52. The Morgan fingerprint density at radius 3 is 0.982 bits per heavy atom. The monoisotopic (exact) mass is 950 g/mol. The second kappa shape index (κ2) is 27.7. The Bertz CT molecular complexity index is 1410. The van der Waals surface area contributed by atoms with Gasteiger partial charge in [0.15, 0.2) is 0 Å². The Kier molecular flexibility index (Phi) is 24.4. The third-order valence-corrected chi connectivity index (χ3v) is 19.4. The molecule has 4 aromatic rings. The number of alkyl halides is 1. The van der Waals surface area contributed by atoms with Crippen LogP contribution < -0.4 is 21.2 Å². The van der Waals surface area contributed by atoms with Gasteiger partial charge in [-0.05, 0) is 123 Å².